The lowest BCUT2D eigenvalue weighted by atomic mass is 10.0. The van der Waals surface area contributed by atoms with Crippen LogP contribution in [0.5, 0.6) is 0 Å². The molecule has 1 aromatic carbocycles. The van der Waals surface area contributed by atoms with Gasteiger partial charge in [0.25, 0.3) is 0 Å². The fourth-order valence-electron chi connectivity index (χ4n) is 2.31. The quantitative estimate of drug-likeness (QED) is 0.614. The molecule has 0 saturated carbocycles. The van der Waals surface area contributed by atoms with Crippen LogP contribution in [-0.2, 0) is 0 Å². The van der Waals surface area contributed by atoms with Crippen molar-refractivity contribution in [1.29, 1.82) is 0 Å². The standard InChI is InChI=1S/C16H16ClN3S/c1-8(2)11-5-6-13-12(7-11)15(17)20-16(19-13)14-9(3)18-10(4)21-14/h5-8H,1-4H3. The minimum absolute atomic E-state index is 0.455. The van der Waals surface area contributed by atoms with Gasteiger partial charge in [0, 0.05) is 5.39 Å². The molecule has 3 nitrogen and oxygen atoms in total. The predicted molar refractivity (Wildman–Crippen MR) is 89.2 cm³/mol. The number of fused-ring (bicyclic) bond motifs is 1. The van der Waals surface area contributed by atoms with Gasteiger partial charge in [-0.1, -0.05) is 31.5 Å². The monoisotopic (exact) mass is 317 g/mol. The van der Waals surface area contributed by atoms with Crippen LogP contribution in [0, 0.1) is 13.8 Å². The van der Waals surface area contributed by atoms with E-state index in [9.17, 15) is 0 Å². The van der Waals surface area contributed by atoms with Crippen LogP contribution in [0.15, 0.2) is 18.2 Å². The van der Waals surface area contributed by atoms with Crippen LogP contribution in [0.3, 0.4) is 0 Å². The Kier molecular flexibility index (Phi) is 3.68. The maximum absolute atomic E-state index is 6.38. The zero-order chi connectivity index (χ0) is 15.1. The summed E-state index contributed by atoms with van der Waals surface area (Å²) in [5.41, 5.74) is 3.07. The van der Waals surface area contributed by atoms with Crippen molar-refractivity contribution in [2.75, 3.05) is 0 Å². The third-order valence-electron chi connectivity index (χ3n) is 3.45. The number of halogens is 1. The van der Waals surface area contributed by atoms with Crippen LogP contribution in [0.1, 0.15) is 36.0 Å². The first kappa shape index (κ1) is 14.4. The van der Waals surface area contributed by atoms with Gasteiger partial charge in [-0.05, 0) is 37.5 Å². The molecule has 0 saturated heterocycles. The second kappa shape index (κ2) is 5.35. The van der Waals surface area contributed by atoms with Crippen LogP contribution in [0.2, 0.25) is 5.15 Å². The van der Waals surface area contributed by atoms with Crippen molar-refractivity contribution in [1.82, 2.24) is 15.0 Å². The van der Waals surface area contributed by atoms with E-state index in [1.54, 1.807) is 11.3 Å². The molecule has 0 bridgehead atoms. The number of aromatic nitrogens is 3. The number of benzene rings is 1. The molecule has 0 radical (unpaired) electrons. The number of nitrogens with zero attached hydrogens (tertiary/aromatic N) is 3. The summed E-state index contributed by atoms with van der Waals surface area (Å²) in [6.07, 6.45) is 0. The normalized spacial score (nSPS) is 11.5. The summed E-state index contributed by atoms with van der Waals surface area (Å²) in [6, 6.07) is 6.20. The first-order valence-electron chi connectivity index (χ1n) is 6.87. The third-order valence-corrected chi connectivity index (χ3v) is 4.80. The second-order valence-electron chi connectivity index (χ2n) is 5.42. The Hall–Kier alpha value is -1.52. The summed E-state index contributed by atoms with van der Waals surface area (Å²) < 4.78 is 0. The molecule has 0 aliphatic rings. The molecule has 5 heteroatoms. The zero-order valence-electron chi connectivity index (χ0n) is 12.4. The van der Waals surface area contributed by atoms with E-state index in [2.05, 4.69) is 40.9 Å². The molecule has 3 rings (SSSR count). The Labute approximate surface area is 133 Å². The largest absolute Gasteiger partial charge is 0.246 e. The minimum atomic E-state index is 0.455. The van der Waals surface area contributed by atoms with Crippen LogP contribution in [0.4, 0.5) is 0 Å². The number of rotatable bonds is 2. The molecule has 0 aliphatic carbocycles. The predicted octanol–water partition coefficient (Wildman–Crippen LogP) is 5.15. The number of hydrogen-bond acceptors (Lipinski definition) is 4. The van der Waals surface area contributed by atoms with Crippen molar-refractivity contribution < 1.29 is 0 Å². The molecule has 0 unspecified atom stereocenters. The van der Waals surface area contributed by atoms with Gasteiger partial charge in [0.05, 0.1) is 21.1 Å². The highest BCUT2D eigenvalue weighted by Gasteiger charge is 2.14. The smallest absolute Gasteiger partial charge is 0.173 e. The molecule has 21 heavy (non-hydrogen) atoms. The topological polar surface area (TPSA) is 38.7 Å². The van der Waals surface area contributed by atoms with Gasteiger partial charge in [0.2, 0.25) is 0 Å². The maximum Gasteiger partial charge on any atom is 0.173 e. The van der Waals surface area contributed by atoms with Crippen molar-refractivity contribution in [3.8, 4) is 10.7 Å². The fourth-order valence-corrected chi connectivity index (χ4v) is 3.39. The molecule has 0 atom stereocenters. The highest BCUT2D eigenvalue weighted by molar-refractivity contribution is 7.15. The molecule has 108 valence electrons. The lowest BCUT2D eigenvalue weighted by Gasteiger charge is -2.08. The Bertz CT molecular complexity index is 824. The lowest BCUT2D eigenvalue weighted by molar-refractivity contribution is 0.868. The summed E-state index contributed by atoms with van der Waals surface area (Å²) in [4.78, 5) is 14.5. The summed E-state index contributed by atoms with van der Waals surface area (Å²) in [7, 11) is 0. The molecule has 3 aromatic rings. The van der Waals surface area contributed by atoms with E-state index in [1.165, 1.54) is 5.56 Å². The van der Waals surface area contributed by atoms with Gasteiger partial charge in [-0.3, -0.25) is 0 Å². The fraction of sp³-hybridized carbons (Fsp3) is 0.312. The SMILES string of the molecule is Cc1nc(C)c(-c2nc(Cl)c3cc(C(C)C)ccc3n2)s1. The Balaban J connectivity index is 2.20. The molecule has 0 N–H and O–H groups in total. The Morgan fingerprint density at radius 2 is 1.86 bits per heavy atom. The van der Waals surface area contributed by atoms with Crippen molar-refractivity contribution in [2.45, 2.75) is 33.6 Å². The molecule has 2 heterocycles. The molecule has 0 spiro atoms. The van der Waals surface area contributed by atoms with Crippen molar-refractivity contribution in [3.63, 3.8) is 0 Å². The first-order chi connectivity index (χ1) is 9.95. The van der Waals surface area contributed by atoms with Crippen LogP contribution < -0.4 is 0 Å². The molecule has 0 fully saturated rings. The van der Waals surface area contributed by atoms with Crippen LogP contribution >= 0.6 is 22.9 Å². The Morgan fingerprint density at radius 1 is 1.10 bits per heavy atom. The number of hydrogen-bond donors (Lipinski definition) is 0. The van der Waals surface area contributed by atoms with Gasteiger partial charge in [0.1, 0.15) is 5.15 Å². The maximum atomic E-state index is 6.38. The zero-order valence-corrected chi connectivity index (χ0v) is 14.0. The van der Waals surface area contributed by atoms with E-state index < -0.39 is 0 Å². The van der Waals surface area contributed by atoms with Gasteiger partial charge in [-0.2, -0.15) is 0 Å². The van der Waals surface area contributed by atoms with Gasteiger partial charge >= 0.3 is 0 Å². The second-order valence-corrected chi connectivity index (χ2v) is 6.98. The summed E-state index contributed by atoms with van der Waals surface area (Å²) in [5, 5.41) is 2.42. The molecular weight excluding hydrogens is 302 g/mol. The van der Waals surface area contributed by atoms with E-state index >= 15 is 0 Å². The average Bonchev–Trinajstić information content (AvgIpc) is 2.77. The highest BCUT2D eigenvalue weighted by Crippen LogP contribution is 2.31. The Morgan fingerprint density at radius 3 is 2.48 bits per heavy atom. The third kappa shape index (κ3) is 2.65. The van der Waals surface area contributed by atoms with E-state index in [0.717, 1.165) is 26.5 Å². The van der Waals surface area contributed by atoms with Crippen molar-refractivity contribution in [3.05, 3.63) is 39.6 Å². The molecular formula is C16H16ClN3S. The summed E-state index contributed by atoms with van der Waals surface area (Å²) in [6.45, 7) is 8.28. The number of thiazole rings is 1. The lowest BCUT2D eigenvalue weighted by Crippen LogP contribution is -1.94. The van der Waals surface area contributed by atoms with E-state index in [0.29, 0.717) is 16.9 Å². The van der Waals surface area contributed by atoms with Gasteiger partial charge < -0.3 is 0 Å². The minimum Gasteiger partial charge on any atom is -0.246 e. The van der Waals surface area contributed by atoms with Gasteiger partial charge in [0.15, 0.2) is 5.82 Å². The van der Waals surface area contributed by atoms with Gasteiger partial charge in [-0.25, -0.2) is 15.0 Å². The van der Waals surface area contributed by atoms with E-state index in [-0.39, 0.29) is 0 Å². The van der Waals surface area contributed by atoms with Crippen LogP contribution in [0.25, 0.3) is 21.6 Å². The average molecular weight is 318 g/mol. The summed E-state index contributed by atoms with van der Waals surface area (Å²) in [5.74, 6) is 1.12. The van der Waals surface area contributed by atoms with Crippen molar-refractivity contribution in [2.24, 2.45) is 0 Å². The highest BCUT2D eigenvalue weighted by atomic mass is 35.5. The first-order valence-corrected chi connectivity index (χ1v) is 8.06. The van der Waals surface area contributed by atoms with Gasteiger partial charge in [-0.15, -0.1) is 11.3 Å². The number of aryl methyl sites for hydroxylation is 2. The van der Waals surface area contributed by atoms with E-state index in [1.807, 2.05) is 19.9 Å². The van der Waals surface area contributed by atoms with Crippen LogP contribution in [-0.4, -0.2) is 15.0 Å². The molecule has 0 amide bonds. The molecule has 0 aliphatic heterocycles. The van der Waals surface area contributed by atoms with Crippen molar-refractivity contribution >= 4 is 33.8 Å². The van der Waals surface area contributed by atoms with E-state index in [4.69, 9.17) is 11.6 Å². The summed E-state index contributed by atoms with van der Waals surface area (Å²) >= 11 is 7.98. The molecule has 2 aromatic heterocycles.